The number of amides is 2. The first-order valence-corrected chi connectivity index (χ1v) is 12.7. The third-order valence-corrected chi connectivity index (χ3v) is 7.09. The van der Waals surface area contributed by atoms with Crippen molar-refractivity contribution < 1.29 is 14.3 Å². The molecule has 1 atom stereocenters. The van der Waals surface area contributed by atoms with Gasteiger partial charge in [-0.2, -0.15) is 0 Å². The largest absolute Gasteiger partial charge is 0.484 e. The van der Waals surface area contributed by atoms with Gasteiger partial charge in [-0.25, -0.2) is 0 Å². The molecule has 0 bridgehead atoms. The Labute approximate surface area is 209 Å². The number of carbonyl (C=O) groups is 2. The van der Waals surface area contributed by atoms with Crippen molar-refractivity contribution in [3.05, 3.63) is 87.1 Å². The summed E-state index contributed by atoms with van der Waals surface area (Å²) in [6.45, 7) is 5.10. The van der Waals surface area contributed by atoms with E-state index in [0.29, 0.717) is 23.9 Å². The highest BCUT2D eigenvalue weighted by Crippen LogP contribution is 2.37. The van der Waals surface area contributed by atoms with Gasteiger partial charge in [0.15, 0.2) is 6.61 Å². The Balaban J connectivity index is 1.50. The van der Waals surface area contributed by atoms with E-state index in [1.54, 1.807) is 40.5 Å². The van der Waals surface area contributed by atoms with Crippen molar-refractivity contribution in [1.82, 2.24) is 9.80 Å². The zero-order valence-corrected chi connectivity index (χ0v) is 21.0. The molecule has 0 fully saturated rings. The third kappa shape index (κ3) is 5.80. The summed E-state index contributed by atoms with van der Waals surface area (Å²) >= 11 is 7.66. The summed E-state index contributed by atoms with van der Waals surface area (Å²) in [7, 11) is 0. The molecule has 0 N–H and O–H groups in total. The molecule has 1 aromatic heterocycles. The fraction of sp³-hybridized carbons (Fsp3) is 0.333. The highest BCUT2D eigenvalue weighted by atomic mass is 35.5. The summed E-state index contributed by atoms with van der Waals surface area (Å²) < 4.78 is 5.67. The van der Waals surface area contributed by atoms with Gasteiger partial charge in [0.1, 0.15) is 5.75 Å². The molecule has 34 heavy (non-hydrogen) atoms. The Morgan fingerprint density at radius 3 is 2.56 bits per heavy atom. The Hall–Kier alpha value is -2.83. The van der Waals surface area contributed by atoms with Crippen molar-refractivity contribution >= 4 is 34.8 Å². The first-order valence-electron chi connectivity index (χ1n) is 11.5. The highest BCUT2D eigenvalue weighted by molar-refractivity contribution is 7.10. The summed E-state index contributed by atoms with van der Waals surface area (Å²) in [6, 6.07) is 19.0. The van der Waals surface area contributed by atoms with Gasteiger partial charge in [0.2, 0.25) is 5.91 Å². The summed E-state index contributed by atoms with van der Waals surface area (Å²) in [4.78, 5) is 31.5. The van der Waals surface area contributed by atoms with Gasteiger partial charge in [0.25, 0.3) is 5.91 Å². The van der Waals surface area contributed by atoms with Crippen LogP contribution in [-0.2, 0) is 16.0 Å². The molecule has 4 rings (SSSR count). The van der Waals surface area contributed by atoms with Gasteiger partial charge in [0.05, 0.1) is 12.6 Å². The van der Waals surface area contributed by atoms with Crippen molar-refractivity contribution in [2.75, 3.05) is 26.2 Å². The number of thiophene rings is 1. The van der Waals surface area contributed by atoms with Crippen LogP contribution in [0.4, 0.5) is 0 Å². The number of benzene rings is 2. The molecular formula is C27H29ClN2O3S. The van der Waals surface area contributed by atoms with Gasteiger partial charge < -0.3 is 14.5 Å². The lowest BCUT2D eigenvalue weighted by Crippen LogP contribution is -2.48. The molecule has 0 aliphatic carbocycles. The van der Waals surface area contributed by atoms with E-state index >= 15 is 0 Å². The lowest BCUT2D eigenvalue weighted by Gasteiger charge is -2.37. The molecule has 0 saturated carbocycles. The molecule has 1 unspecified atom stereocenters. The number of carbonyl (C=O) groups excluding carboxylic acids is 2. The number of ether oxygens (including phenoxy) is 1. The Bertz CT molecular complexity index is 1110. The van der Waals surface area contributed by atoms with Crippen LogP contribution in [0, 0.1) is 5.92 Å². The predicted molar refractivity (Wildman–Crippen MR) is 136 cm³/mol. The van der Waals surface area contributed by atoms with E-state index < -0.39 is 0 Å². The number of halogens is 1. The molecule has 3 aromatic rings. The molecule has 0 radical (unpaired) electrons. The maximum atomic E-state index is 13.6. The quantitative estimate of drug-likeness (QED) is 0.417. The standard InChI is InChI=1S/C27H29ClN2O3S/c1-19(2)16-29(26(32)18-33-22-10-8-21(28)9-11-22)17-25(31)30-14-12-24-23(13-15-34-24)27(30)20-6-4-3-5-7-20/h3-11,13,15,19,27H,12,14,16-18H2,1-2H3. The minimum atomic E-state index is -0.207. The van der Waals surface area contributed by atoms with Crippen molar-refractivity contribution in [2.24, 2.45) is 5.92 Å². The van der Waals surface area contributed by atoms with Crippen LogP contribution in [0.25, 0.3) is 0 Å². The average Bonchev–Trinajstić information content (AvgIpc) is 3.31. The second-order valence-electron chi connectivity index (χ2n) is 8.86. The molecule has 2 amide bonds. The second kappa shape index (κ2) is 11.1. The van der Waals surface area contributed by atoms with E-state index in [-0.39, 0.29) is 36.9 Å². The third-order valence-electron chi connectivity index (χ3n) is 5.84. The van der Waals surface area contributed by atoms with Gasteiger partial charge in [-0.15, -0.1) is 11.3 Å². The second-order valence-corrected chi connectivity index (χ2v) is 10.3. The van der Waals surface area contributed by atoms with Gasteiger partial charge in [-0.1, -0.05) is 55.8 Å². The van der Waals surface area contributed by atoms with Crippen molar-refractivity contribution in [3.63, 3.8) is 0 Å². The zero-order chi connectivity index (χ0) is 24.1. The molecule has 0 saturated heterocycles. The van der Waals surface area contributed by atoms with Crippen LogP contribution in [0.3, 0.4) is 0 Å². The van der Waals surface area contributed by atoms with Gasteiger partial charge in [-0.3, -0.25) is 9.59 Å². The molecule has 0 spiro atoms. The van der Waals surface area contributed by atoms with E-state index in [9.17, 15) is 9.59 Å². The molecule has 2 heterocycles. The number of hydrogen-bond donors (Lipinski definition) is 0. The van der Waals surface area contributed by atoms with Crippen molar-refractivity contribution in [1.29, 1.82) is 0 Å². The average molecular weight is 497 g/mol. The fourth-order valence-electron chi connectivity index (χ4n) is 4.30. The van der Waals surface area contributed by atoms with Crippen molar-refractivity contribution in [3.8, 4) is 5.75 Å². The first kappa shape index (κ1) is 24.3. The minimum Gasteiger partial charge on any atom is -0.484 e. The summed E-state index contributed by atoms with van der Waals surface area (Å²) in [5.41, 5.74) is 2.27. The van der Waals surface area contributed by atoms with E-state index in [1.165, 1.54) is 10.4 Å². The summed E-state index contributed by atoms with van der Waals surface area (Å²) in [6.07, 6.45) is 0.833. The highest BCUT2D eigenvalue weighted by Gasteiger charge is 2.34. The fourth-order valence-corrected chi connectivity index (χ4v) is 5.33. The smallest absolute Gasteiger partial charge is 0.260 e. The van der Waals surface area contributed by atoms with Gasteiger partial charge in [0, 0.05) is 23.0 Å². The first-order chi connectivity index (χ1) is 16.4. The van der Waals surface area contributed by atoms with Crippen LogP contribution in [0.2, 0.25) is 5.02 Å². The van der Waals surface area contributed by atoms with Crippen LogP contribution in [-0.4, -0.2) is 47.9 Å². The molecule has 1 aliphatic rings. The maximum Gasteiger partial charge on any atom is 0.260 e. The van der Waals surface area contributed by atoms with E-state index in [0.717, 1.165) is 12.0 Å². The molecule has 1 aliphatic heterocycles. The predicted octanol–water partition coefficient (Wildman–Crippen LogP) is 5.44. The lowest BCUT2D eigenvalue weighted by molar-refractivity contribution is -0.143. The Morgan fingerprint density at radius 1 is 1.12 bits per heavy atom. The van der Waals surface area contributed by atoms with E-state index in [4.69, 9.17) is 16.3 Å². The van der Waals surface area contributed by atoms with Gasteiger partial charge in [-0.05, 0) is 59.2 Å². The molecular weight excluding hydrogens is 468 g/mol. The lowest BCUT2D eigenvalue weighted by atomic mass is 9.93. The number of hydrogen-bond acceptors (Lipinski definition) is 4. The van der Waals surface area contributed by atoms with E-state index in [1.807, 2.05) is 36.9 Å². The maximum absolute atomic E-state index is 13.6. The zero-order valence-electron chi connectivity index (χ0n) is 19.4. The summed E-state index contributed by atoms with van der Waals surface area (Å²) in [5.74, 6) is 0.536. The van der Waals surface area contributed by atoms with Crippen LogP contribution < -0.4 is 4.74 Å². The Kier molecular flexibility index (Phi) is 7.91. The topological polar surface area (TPSA) is 49.9 Å². The van der Waals surface area contributed by atoms with Gasteiger partial charge >= 0.3 is 0 Å². The SMILES string of the molecule is CC(C)CN(CC(=O)N1CCc2sccc2C1c1ccccc1)C(=O)COc1ccc(Cl)cc1. The molecule has 7 heteroatoms. The number of nitrogens with zero attached hydrogens (tertiary/aromatic N) is 2. The molecule has 5 nitrogen and oxygen atoms in total. The Morgan fingerprint density at radius 2 is 1.85 bits per heavy atom. The van der Waals surface area contributed by atoms with Crippen LogP contribution in [0.1, 0.15) is 35.9 Å². The van der Waals surface area contributed by atoms with Crippen LogP contribution in [0.5, 0.6) is 5.75 Å². The van der Waals surface area contributed by atoms with Crippen LogP contribution in [0.15, 0.2) is 66.0 Å². The molecule has 178 valence electrons. The number of rotatable bonds is 8. The minimum absolute atomic E-state index is 0.0315. The normalized spacial score (nSPS) is 15.2. The number of fused-ring (bicyclic) bond motifs is 1. The van der Waals surface area contributed by atoms with E-state index in [2.05, 4.69) is 23.6 Å². The molecule has 2 aromatic carbocycles. The monoisotopic (exact) mass is 496 g/mol. The van der Waals surface area contributed by atoms with Crippen LogP contribution >= 0.6 is 22.9 Å². The summed E-state index contributed by atoms with van der Waals surface area (Å²) in [5, 5.41) is 2.70. The van der Waals surface area contributed by atoms with Crippen molar-refractivity contribution in [2.45, 2.75) is 26.3 Å².